The van der Waals surface area contributed by atoms with Gasteiger partial charge >= 0.3 is 0 Å². The standard InChI is InChI=1S/C12H11ClN2O2/c1-7-3-8(2)11(9(13)4-7)15-12(16)10-5-17-6-14-10/h3-6H,1-2H3,(H,15,16). The van der Waals surface area contributed by atoms with Crippen LogP contribution in [0.5, 0.6) is 0 Å². The number of hydrogen-bond donors (Lipinski definition) is 1. The zero-order valence-corrected chi connectivity index (χ0v) is 10.2. The van der Waals surface area contributed by atoms with Crippen LogP contribution in [0.2, 0.25) is 5.02 Å². The molecule has 1 N–H and O–H groups in total. The number of hydrogen-bond acceptors (Lipinski definition) is 3. The van der Waals surface area contributed by atoms with Crippen molar-refractivity contribution in [1.82, 2.24) is 4.98 Å². The molecule has 2 aromatic rings. The molecule has 0 bridgehead atoms. The minimum atomic E-state index is -0.340. The van der Waals surface area contributed by atoms with Crippen molar-refractivity contribution in [2.75, 3.05) is 5.32 Å². The van der Waals surface area contributed by atoms with Gasteiger partial charge in [0.15, 0.2) is 12.1 Å². The van der Waals surface area contributed by atoms with E-state index in [1.54, 1.807) is 6.07 Å². The van der Waals surface area contributed by atoms with Gasteiger partial charge in [-0.15, -0.1) is 0 Å². The Kier molecular flexibility index (Phi) is 3.15. The van der Waals surface area contributed by atoms with Crippen LogP contribution in [0, 0.1) is 13.8 Å². The van der Waals surface area contributed by atoms with Gasteiger partial charge in [0.25, 0.3) is 5.91 Å². The van der Waals surface area contributed by atoms with Crippen LogP contribution in [0.25, 0.3) is 0 Å². The Hall–Kier alpha value is -1.81. The predicted octanol–water partition coefficient (Wildman–Crippen LogP) is 3.20. The summed E-state index contributed by atoms with van der Waals surface area (Å²) in [5, 5.41) is 3.23. The highest BCUT2D eigenvalue weighted by Crippen LogP contribution is 2.27. The predicted molar refractivity (Wildman–Crippen MR) is 65.4 cm³/mol. The van der Waals surface area contributed by atoms with Gasteiger partial charge in [0.05, 0.1) is 10.7 Å². The Bertz CT molecular complexity index is 527. The fourth-order valence-corrected chi connectivity index (χ4v) is 1.94. The summed E-state index contributed by atoms with van der Waals surface area (Å²) in [5.41, 5.74) is 2.78. The highest BCUT2D eigenvalue weighted by molar-refractivity contribution is 6.34. The maximum Gasteiger partial charge on any atom is 0.277 e. The monoisotopic (exact) mass is 250 g/mol. The summed E-state index contributed by atoms with van der Waals surface area (Å²) in [7, 11) is 0. The minimum Gasteiger partial charge on any atom is -0.451 e. The summed E-state index contributed by atoms with van der Waals surface area (Å²) < 4.78 is 4.75. The molecule has 0 spiro atoms. The zero-order valence-electron chi connectivity index (χ0n) is 9.45. The molecule has 0 unspecified atom stereocenters. The molecular weight excluding hydrogens is 240 g/mol. The molecule has 1 heterocycles. The topological polar surface area (TPSA) is 55.1 Å². The smallest absolute Gasteiger partial charge is 0.277 e. The highest BCUT2D eigenvalue weighted by atomic mass is 35.5. The van der Waals surface area contributed by atoms with Crippen molar-refractivity contribution in [3.8, 4) is 0 Å². The number of aromatic nitrogens is 1. The highest BCUT2D eigenvalue weighted by Gasteiger charge is 2.13. The second kappa shape index (κ2) is 4.59. The first-order valence-electron chi connectivity index (χ1n) is 5.04. The van der Waals surface area contributed by atoms with Crippen LogP contribution < -0.4 is 5.32 Å². The van der Waals surface area contributed by atoms with Gasteiger partial charge in [-0.05, 0) is 31.0 Å². The number of amides is 1. The van der Waals surface area contributed by atoms with E-state index in [1.165, 1.54) is 12.7 Å². The molecule has 4 nitrogen and oxygen atoms in total. The van der Waals surface area contributed by atoms with E-state index in [0.29, 0.717) is 10.7 Å². The number of benzene rings is 1. The van der Waals surface area contributed by atoms with Crippen molar-refractivity contribution < 1.29 is 9.21 Å². The molecule has 88 valence electrons. The molecule has 17 heavy (non-hydrogen) atoms. The molecule has 1 aromatic carbocycles. The second-order valence-electron chi connectivity index (χ2n) is 3.77. The van der Waals surface area contributed by atoms with Gasteiger partial charge in [0.2, 0.25) is 0 Å². The van der Waals surface area contributed by atoms with Crippen molar-refractivity contribution in [2.24, 2.45) is 0 Å². The maximum absolute atomic E-state index is 11.8. The fourth-order valence-electron chi connectivity index (χ4n) is 1.58. The zero-order chi connectivity index (χ0) is 12.4. The van der Waals surface area contributed by atoms with Gasteiger partial charge in [0, 0.05) is 0 Å². The van der Waals surface area contributed by atoms with Crippen molar-refractivity contribution in [2.45, 2.75) is 13.8 Å². The summed E-state index contributed by atoms with van der Waals surface area (Å²) in [6, 6.07) is 3.75. The van der Waals surface area contributed by atoms with Crippen LogP contribution in [0.4, 0.5) is 5.69 Å². The first kappa shape index (κ1) is 11.7. The number of nitrogens with zero attached hydrogens (tertiary/aromatic N) is 1. The molecule has 0 aliphatic carbocycles. The average Bonchev–Trinajstić information content (AvgIpc) is 2.76. The SMILES string of the molecule is Cc1cc(C)c(NC(=O)c2cocn2)c(Cl)c1. The number of nitrogens with one attached hydrogen (secondary N) is 1. The van der Waals surface area contributed by atoms with Crippen molar-refractivity contribution >= 4 is 23.2 Å². The van der Waals surface area contributed by atoms with Crippen LogP contribution in [0.15, 0.2) is 29.2 Å². The van der Waals surface area contributed by atoms with E-state index in [0.717, 1.165) is 11.1 Å². The molecule has 0 fully saturated rings. The molecule has 2 rings (SSSR count). The number of oxazole rings is 1. The normalized spacial score (nSPS) is 10.3. The van der Waals surface area contributed by atoms with E-state index >= 15 is 0 Å². The van der Waals surface area contributed by atoms with Crippen LogP contribution in [-0.4, -0.2) is 10.9 Å². The molecule has 5 heteroatoms. The lowest BCUT2D eigenvalue weighted by atomic mass is 10.1. The first-order chi connectivity index (χ1) is 8.08. The summed E-state index contributed by atoms with van der Waals surface area (Å²) >= 11 is 6.08. The Balaban J connectivity index is 2.28. The third-order valence-corrected chi connectivity index (χ3v) is 2.63. The third-order valence-electron chi connectivity index (χ3n) is 2.34. The molecule has 0 aliphatic heterocycles. The first-order valence-corrected chi connectivity index (χ1v) is 5.42. The summed E-state index contributed by atoms with van der Waals surface area (Å²) in [5.74, 6) is -0.340. The maximum atomic E-state index is 11.8. The van der Waals surface area contributed by atoms with E-state index in [-0.39, 0.29) is 11.6 Å². The molecule has 0 saturated carbocycles. The van der Waals surface area contributed by atoms with E-state index in [2.05, 4.69) is 10.3 Å². The van der Waals surface area contributed by atoms with Crippen molar-refractivity contribution in [1.29, 1.82) is 0 Å². The largest absolute Gasteiger partial charge is 0.451 e. The minimum absolute atomic E-state index is 0.223. The lowest BCUT2D eigenvalue weighted by molar-refractivity contribution is 0.102. The Morgan fingerprint density at radius 1 is 1.41 bits per heavy atom. The van der Waals surface area contributed by atoms with Crippen LogP contribution >= 0.6 is 11.6 Å². The van der Waals surface area contributed by atoms with Gasteiger partial charge in [0.1, 0.15) is 6.26 Å². The van der Waals surface area contributed by atoms with Crippen molar-refractivity contribution in [3.05, 3.63) is 46.6 Å². The van der Waals surface area contributed by atoms with Gasteiger partial charge in [-0.25, -0.2) is 4.98 Å². The summed E-state index contributed by atoms with van der Waals surface area (Å²) in [6.45, 7) is 3.83. The van der Waals surface area contributed by atoms with E-state index < -0.39 is 0 Å². The lowest BCUT2D eigenvalue weighted by Gasteiger charge is -2.10. The average molecular weight is 251 g/mol. The van der Waals surface area contributed by atoms with Crippen LogP contribution in [-0.2, 0) is 0 Å². The Morgan fingerprint density at radius 3 is 2.76 bits per heavy atom. The summed E-state index contributed by atoms with van der Waals surface area (Å²) in [6.07, 6.45) is 2.49. The molecular formula is C12H11ClN2O2. The van der Waals surface area contributed by atoms with Gasteiger partial charge < -0.3 is 9.73 Å². The Labute approximate surface area is 104 Å². The molecule has 0 radical (unpaired) electrons. The van der Waals surface area contributed by atoms with E-state index in [9.17, 15) is 4.79 Å². The van der Waals surface area contributed by atoms with Crippen molar-refractivity contribution in [3.63, 3.8) is 0 Å². The number of carbonyl (C=O) groups excluding carboxylic acids is 1. The lowest BCUT2D eigenvalue weighted by Crippen LogP contribution is -2.13. The summed E-state index contributed by atoms with van der Waals surface area (Å²) in [4.78, 5) is 15.5. The number of carbonyl (C=O) groups is 1. The molecule has 0 atom stereocenters. The number of anilines is 1. The quantitative estimate of drug-likeness (QED) is 0.891. The van der Waals surface area contributed by atoms with Crippen LogP contribution in [0.1, 0.15) is 21.6 Å². The van der Waals surface area contributed by atoms with Gasteiger partial charge in [-0.1, -0.05) is 17.7 Å². The van der Waals surface area contributed by atoms with Gasteiger partial charge in [-0.2, -0.15) is 0 Å². The van der Waals surface area contributed by atoms with Gasteiger partial charge in [-0.3, -0.25) is 4.79 Å². The second-order valence-corrected chi connectivity index (χ2v) is 4.17. The molecule has 0 aliphatic rings. The molecule has 0 saturated heterocycles. The number of halogens is 1. The van der Waals surface area contributed by atoms with E-state index in [4.69, 9.17) is 16.0 Å². The fraction of sp³-hybridized carbons (Fsp3) is 0.167. The van der Waals surface area contributed by atoms with Crippen LogP contribution in [0.3, 0.4) is 0 Å². The number of aryl methyl sites for hydroxylation is 2. The van der Waals surface area contributed by atoms with E-state index in [1.807, 2.05) is 19.9 Å². The molecule has 1 aromatic heterocycles. The molecule has 1 amide bonds. The third kappa shape index (κ3) is 2.47. The Morgan fingerprint density at radius 2 is 2.18 bits per heavy atom. The number of rotatable bonds is 2.